The molecule has 0 spiro atoms. The summed E-state index contributed by atoms with van der Waals surface area (Å²) in [6.45, 7) is 7.03. The molecule has 2 fully saturated rings. The summed E-state index contributed by atoms with van der Waals surface area (Å²) < 4.78 is 1.93. The van der Waals surface area contributed by atoms with Crippen LogP contribution in [0.5, 0.6) is 0 Å². The van der Waals surface area contributed by atoms with E-state index in [1.165, 1.54) is 12.0 Å². The maximum Gasteiger partial charge on any atom is 0.157 e. The van der Waals surface area contributed by atoms with Crippen LogP contribution in [0, 0.1) is 13.8 Å². The second-order valence-electron chi connectivity index (χ2n) is 9.49. The van der Waals surface area contributed by atoms with Gasteiger partial charge in [0.25, 0.3) is 0 Å². The van der Waals surface area contributed by atoms with Crippen molar-refractivity contribution < 1.29 is 0 Å². The fraction of sp³-hybridized carbons (Fsp3) is 0.440. The highest BCUT2D eigenvalue weighted by molar-refractivity contribution is 5.92. The predicted molar refractivity (Wildman–Crippen MR) is 131 cm³/mol. The number of anilines is 2. The van der Waals surface area contributed by atoms with Crippen LogP contribution in [0.25, 0.3) is 16.6 Å². The Kier molecular flexibility index (Phi) is 4.90. The van der Waals surface area contributed by atoms with Crippen molar-refractivity contribution in [1.29, 1.82) is 0 Å². The van der Waals surface area contributed by atoms with Gasteiger partial charge in [-0.05, 0) is 51.2 Å². The molecule has 8 nitrogen and oxygen atoms in total. The van der Waals surface area contributed by atoms with Gasteiger partial charge in [0, 0.05) is 48.9 Å². The zero-order valence-electron chi connectivity index (χ0n) is 19.3. The first-order valence-electron chi connectivity index (χ1n) is 11.9. The fourth-order valence-corrected chi connectivity index (χ4v) is 5.45. The average Bonchev–Trinajstić information content (AvgIpc) is 3.44. The number of rotatable bonds is 3. The molecule has 1 unspecified atom stereocenters. The summed E-state index contributed by atoms with van der Waals surface area (Å²) in [5, 5.41) is 6.12. The van der Waals surface area contributed by atoms with E-state index in [4.69, 9.17) is 20.8 Å². The van der Waals surface area contributed by atoms with Crippen LogP contribution in [0.2, 0.25) is 0 Å². The Hall–Kier alpha value is -3.26. The Morgan fingerprint density at radius 1 is 1.00 bits per heavy atom. The van der Waals surface area contributed by atoms with Crippen molar-refractivity contribution in [3.63, 3.8) is 0 Å². The number of nitrogens with two attached hydrogens (primary N) is 1. The van der Waals surface area contributed by atoms with Crippen LogP contribution in [-0.2, 0) is 0 Å². The smallest absolute Gasteiger partial charge is 0.157 e. The van der Waals surface area contributed by atoms with E-state index in [-0.39, 0.29) is 12.1 Å². The van der Waals surface area contributed by atoms with Crippen molar-refractivity contribution in [3.05, 3.63) is 53.6 Å². The van der Waals surface area contributed by atoms with Crippen LogP contribution in [0.3, 0.4) is 0 Å². The third-order valence-electron chi connectivity index (χ3n) is 7.12. The Balaban J connectivity index is 1.41. The van der Waals surface area contributed by atoms with Crippen LogP contribution < -0.4 is 15.5 Å². The molecule has 1 aromatic carbocycles. The highest BCUT2D eigenvalue weighted by atomic mass is 15.3. The SMILES string of the molecule is Cc1cn2nc(C3CCCCN3c3ncnc4cccc(C)c34)cc2nc1N1CC[C@@H](N)C1. The standard InChI is InChI=1S/C25H30N8/c1-16-6-5-7-19-23(16)25(28-15-27-19)32-10-4-3-8-21(32)20-12-22-29-24(17(2)13-33(22)30-20)31-11-9-18(26)14-31/h5-7,12-13,15,18,21H,3-4,8-11,14,26H2,1-2H3/t18-,21?/m1/s1. The largest absolute Gasteiger partial charge is 0.355 e. The fourth-order valence-electron chi connectivity index (χ4n) is 5.45. The average molecular weight is 443 g/mol. The molecule has 2 aliphatic heterocycles. The maximum absolute atomic E-state index is 6.14. The maximum atomic E-state index is 6.14. The lowest BCUT2D eigenvalue weighted by atomic mass is 9.98. The second kappa shape index (κ2) is 7.95. The van der Waals surface area contributed by atoms with Crippen molar-refractivity contribution in [2.45, 2.75) is 51.6 Å². The first-order chi connectivity index (χ1) is 16.1. The van der Waals surface area contributed by atoms with Crippen molar-refractivity contribution in [2.24, 2.45) is 5.73 Å². The molecular weight excluding hydrogens is 412 g/mol. The number of aromatic nitrogens is 5. The molecule has 2 aliphatic rings. The third-order valence-corrected chi connectivity index (χ3v) is 7.12. The van der Waals surface area contributed by atoms with Crippen molar-refractivity contribution >= 4 is 28.2 Å². The Bertz CT molecular complexity index is 1320. The third kappa shape index (κ3) is 3.49. The summed E-state index contributed by atoms with van der Waals surface area (Å²) in [5.74, 6) is 2.04. The number of aryl methyl sites for hydroxylation is 2. The van der Waals surface area contributed by atoms with E-state index in [1.54, 1.807) is 6.33 Å². The Morgan fingerprint density at radius 2 is 1.91 bits per heavy atom. The van der Waals surface area contributed by atoms with Crippen LogP contribution in [0.4, 0.5) is 11.6 Å². The number of fused-ring (bicyclic) bond motifs is 2. The van der Waals surface area contributed by atoms with Gasteiger partial charge in [-0.3, -0.25) is 0 Å². The number of hydrogen-bond acceptors (Lipinski definition) is 7. The Morgan fingerprint density at radius 3 is 2.76 bits per heavy atom. The molecule has 2 atom stereocenters. The summed E-state index contributed by atoms with van der Waals surface area (Å²) >= 11 is 0. The summed E-state index contributed by atoms with van der Waals surface area (Å²) in [6.07, 6.45) is 8.18. The van der Waals surface area contributed by atoms with Gasteiger partial charge in [0.15, 0.2) is 5.65 Å². The lowest BCUT2D eigenvalue weighted by molar-refractivity contribution is 0.461. The van der Waals surface area contributed by atoms with Crippen molar-refractivity contribution in [2.75, 3.05) is 29.4 Å². The number of benzene rings is 1. The van der Waals surface area contributed by atoms with Crippen LogP contribution in [-0.4, -0.2) is 50.2 Å². The topological polar surface area (TPSA) is 88.5 Å². The minimum absolute atomic E-state index is 0.169. The molecule has 6 rings (SSSR count). The quantitative estimate of drug-likeness (QED) is 0.519. The predicted octanol–water partition coefficient (Wildman–Crippen LogP) is 3.56. The molecule has 4 aromatic rings. The van der Waals surface area contributed by atoms with Crippen molar-refractivity contribution in [1.82, 2.24) is 24.6 Å². The molecule has 0 radical (unpaired) electrons. The van der Waals surface area contributed by atoms with Gasteiger partial charge < -0.3 is 15.5 Å². The molecule has 8 heteroatoms. The van der Waals surface area contributed by atoms with E-state index in [9.17, 15) is 0 Å². The summed E-state index contributed by atoms with van der Waals surface area (Å²) in [4.78, 5) is 19.0. The first-order valence-corrected chi connectivity index (χ1v) is 11.9. The minimum Gasteiger partial charge on any atom is -0.355 e. The molecule has 0 aliphatic carbocycles. The monoisotopic (exact) mass is 442 g/mol. The van der Waals surface area contributed by atoms with Crippen LogP contribution in [0.15, 0.2) is 36.8 Å². The number of hydrogen-bond donors (Lipinski definition) is 1. The molecule has 0 bridgehead atoms. The van der Waals surface area contributed by atoms with E-state index in [2.05, 4.69) is 59.1 Å². The van der Waals surface area contributed by atoms with E-state index in [1.807, 2.05) is 4.52 Å². The summed E-state index contributed by atoms with van der Waals surface area (Å²) in [6, 6.07) is 8.81. The number of piperidine rings is 1. The molecule has 0 amide bonds. The van der Waals surface area contributed by atoms with Gasteiger partial charge in [0.05, 0.1) is 17.3 Å². The van der Waals surface area contributed by atoms with E-state index < -0.39 is 0 Å². The van der Waals surface area contributed by atoms with E-state index >= 15 is 0 Å². The summed E-state index contributed by atoms with van der Waals surface area (Å²) in [7, 11) is 0. The first kappa shape index (κ1) is 20.4. The highest BCUT2D eigenvalue weighted by Crippen LogP contribution is 2.37. The van der Waals surface area contributed by atoms with Gasteiger partial charge in [-0.15, -0.1) is 0 Å². The molecule has 2 saturated heterocycles. The van der Waals surface area contributed by atoms with E-state index in [0.29, 0.717) is 0 Å². The molecular formula is C25H30N8. The molecule has 170 valence electrons. The van der Waals surface area contributed by atoms with Gasteiger partial charge >= 0.3 is 0 Å². The van der Waals surface area contributed by atoms with Gasteiger partial charge in [-0.2, -0.15) is 5.10 Å². The van der Waals surface area contributed by atoms with Crippen LogP contribution in [0.1, 0.15) is 48.5 Å². The second-order valence-corrected chi connectivity index (χ2v) is 9.49. The lowest BCUT2D eigenvalue weighted by Gasteiger charge is -2.36. The van der Waals surface area contributed by atoms with Crippen molar-refractivity contribution in [3.8, 4) is 0 Å². The highest BCUT2D eigenvalue weighted by Gasteiger charge is 2.30. The molecule has 5 heterocycles. The van der Waals surface area contributed by atoms with Gasteiger partial charge in [-0.1, -0.05) is 12.1 Å². The lowest BCUT2D eigenvalue weighted by Crippen LogP contribution is -2.34. The minimum atomic E-state index is 0.169. The zero-order valence-corrected chi connectivity index (χ0v) is 19.3. The Labute approximate surface area is 193 Å². The van der Waals surface area contributed by atoms with Gasteiger partial charge in [0.1, 0.15) is 18.0 Å². The van der Waals surface area contributed by atoms with E-state index in [0.717, 1.165) is 78.3 Å². The zero-order chi connectivity index (χ0) is 22.5. The molecule has 2 N–H and O–H groups in total. The number of nitrogens with zero attached hydrogens (tertiary/aromatic N) is 7. The summed E-state index contributed by atoms with van der Waals surface area (Å²) in [5.41, 5.74) is 11.4. The molecule has 0 saturated carbocycles. The van der Waals surface area contributed by atoms with Crippen LogP contribution >= 0.6 is 0 Å². The molecule has 33 heavy (non-hydrogen) atoms. The van der Waals surface area contributed by atoms with Gasteiger partial charge in [-0.25, -0.2) is 19.5 Å². The normalized spacial score (nSPS) is 21.4. The molecule has 3 aromatic heterocycles. The van der Waals surface area contributed by atoms with Gasteiger partial charge in [0.2, 0.25) is 0 Å².